The molecule has 0 atom stereocenters. The molecule has 0 radical (unpaired) electrons. The number of hydrogen-bond donors (Lipinski definition) is 0. The second-order valence-electron chi connectivity index (χ2n) is 4.38. The summed E-state index contributed by atoms with van der Waals surface area (Å²) in [5, 5.41) is 0. The molecule has 0 saturated carbocycles. The van der Waals surface area contributed by atoms with Crippen molar-refractivity contribution in [1.29, 1.82) is 0 Å². The maximum absolute atomic E-state index is 12.8. The molecule has 0 bridgehead atoms. The van der Waals surface area contributed by atoms with Crippen LogP contribution in [0.1, 0.15) is 12.4 Å². The Bertz CT molecular complexity index is 792. The molecule has 0 unspecified atom stereocenters. The molecule has 2 aromatic heterocycles. The minimum atomic E-state index is -2.66. The monoisotopic (exact) mass is 307 g/mol. The van der Waals surface area contributed by atoms with E-state index in [1.165, 1.54) is 17.0 Å². The van der Waals surface area contributed by atoms with E-state index in [1.807, 2.05) is 30.3 Å². The van der Waals surface area contributed by atoms with Crippen molar-refractivity contribution >= 4 is 11.3 Å². The molecule has 0 fully saturated rings. The van der Waals surface area contributed by atoms with Crippen LogP contribution in [-0.2, 0) is 6.54 Å². The van der Waals surface area contributed by atoms with Gasteiger partial charge in [-0.1, -0.05) is 41.7 Å². The zero-order valence-electron chi connectivity index (χ0n) is 10.8. The highest BCUT2D eigenvalue weighted by molar-refractivity contribution is 7.12. The second-order valence-corrected chi connectivity index (χ2v) is 5.38. The lowest BCUT2D eigenvalue weighted by Gasteiger charge is -2.06. The molecule has 4 nitrogen and oxygen atoms in total. The van der Waals surface area contributed by atoms with Crippen LogP contribution < -0.4 is 4.87 Å². The molecule has 0 amide bonds. The van der Waals surface area contributed by atoms with E-state index in [0.29, 0.717) is 0 Å². The predicted molar refractivity (Wildman–Crippen MR) is 76.6 cm³/mol. The third-order valence-electron chi connectivity index (χ3n) is 3.03. The summed E-state index contributed by atoms with van der Waals surface area (Å²) in [5.74, 6) is 0.157. The lowest BCUT2D eigenvalue weighted by atomic mass is 10.2. The first-order valence-corrected chi connectivity index (χ1v) is 7.02. The molecule has 21 heavy (non-hydrogen) atoms. The molecule has 1 aromatic carbocycles. The standard InChI is InChI=1S/C14H11F2N3OS/c15-13(16)19-7-6-17-12(19)9-18-8-11(21-14(18)20)10-4-2-1-3-5-10/h1-8,13H,9H2. The summed E-state index contributed by atoms with van der Waals surface area (Å²) in [7, 11) is 0. The van der Waals surface area contributed by atoms with Crippen molar-refractivity contribution in [2.24, 2.45) is 0 Å². The third kappa shape index (κ3) is 2.78. The molecule has 0 aliphatic heterocycles. The van der Waals surface area contributed by atoms with E-state index in [4.69, 9.17) is 0 Å². The summed E-state index contributed by atoms with van der Waals surface area (Å²) in [6.07, 6.45) is 4.18. The van der Waals surface area contributed by atoms with Gasteiger partial charge in [-0.25, -0.2) is 4.98 Å². The minimum absolute atomic E-state index is 0.0273. The Morgan fingerprint density at radius 3 is 2.71 bits per heavy atom. The maximum atomic E-state index is 12.8. The second kappa shape index (κ2) is 5.61. The Kier molecular flexibility index (Phi) is 3.66. The van der Waals surface area contributed by atoms with Crippen molar-refractivity contribution in [3.63, 3.8) is 0 Å². The van der Waals surface area contributed by atoms with Crippen LogP contribution >= 0.6 is 11.3 Å². The number of hydrogen-bond acceptors (Lipinski definition) is 3. The van der Waals surface area contributed by atoms with Crippen LogP contribution in [0.4, 0.5) is 8.78 Å². The Labute approximate surface area is 122 Å². The van der Waals surface area contributed by atoms with Gasteiger partial charge in [0.15, 0.2) is 0 Å². The summed E-state index contributed by atoms with van der Waals surface area (Å²) >= 11 is 1.09. The van der Waals surface area contributed by atoms with Crippen molar-refractivity contribution < 1.29 is 8.78 Å². The number of rotatable bonds is 4. The van der Waals surface area contributed by atoms with Gasteiger partial charge in [-0.3, -0.25) is 13.9 Å². The Morgan fingerprint density at radius 1 is 1.24 bits per heavy atom. The highest BCUT2D eigenvalue weighted by Crippen LogP contribution is 2.22. The van der Waals surface area contributed by atoms with Gasteiger partial charge >= 0.3 is 11.4 Å². The molecule has 0 saturated heterocycles. The fraction of sp³-hybridized carbons (Fsp3) is 0.143. The van der Waals surface area contributed by atoms with Gasteiger partial charge in [-0.15, -0.1) is 0 Å². The van der Waals surface area contributed by atoms with Gasteiger partial charge < -0.3 is 0 Å². The van der Waals surface area contributed by atoms with Crippen LogP contribution in [-0.4, -0.2) is 14.1 Å². The topological polar surface area (TPSA) is 39.8 Å². The quantitative estimate of drug-likeness (QED) is 0.742. The average molecular weight is 307 g/mol. The highest BCUT2D eigenvalue weighted by atomic mass is 32.1. The number of benzene rings is 1. The molecule has 3 aromatic rings. The molecule has 0 aliphatic carbocycles. The third-order valence-corrected chi connectivity index (χ3v) is 4.00. The van der Waals surface area contributed by atoms with E-state index < -0.39 is 6.55 Å². The van der Waals surface area contributed by atoms with Crippen LogP contribution in [0.3, 0.4) is 0 Å². The minimum Gasteiger partial charge on any atom is -0.298 e. The zero-order valence-corrected chi connectivity index (χ0v) is 11.6. The normalized spacial score (nSPS) is 11.2. The van der Waals surface area contributed by atoms with Gasteiger partial charge in [0, 0.05) is 18.6 Å². The van der Waals surface area contributed by atoms with E-state index in [-0.39, 0.29) is 17.2 Å². The molecule has 0 N–H and O–H groups in total. The highest BCUT2D eigenvalue weighted by Gasteiger charge is 2.13. The molecule has 0 spiro atoms. The van der Waals surface area contributed by atoms with Gasteiger partial charge in [0.05, 0.1) is 11.4 Å². The van der Waals surface area contributed by atoms with Gasteiger partial charge in [-0.2, -0.15) is 8.78 Å². The molecule has 7 heteroatoms. The Hall–Kier alpha value is -2.28. The van der Waals surface area contributed by atoms with E-state index >= 15 is 0 Å². The average Bonchev–Trinajstić information content (AvgIpc) is 3.08. The Balaban J connectivity index is 1.92. The van der Waals surface area contributed by atoms with Crippen molar-refractivity contribution in [1.82, 2.24) is 14.1 Å². The molecular weight excluding hydrogens is 296 g/mol. The van der Waals surface area contributed by atoms with Crippen molar-refractivity contribution in [3.05, 3.63) is 64.4 Å². The van der Waals surface area contributed by atoms with Crippen LogP contribution in [0.2, 0.25) is 0 Å². The lowest BCUT2D eigenvalue weighted by Crippen LogP contribution is -2.16. The molecular formula is C14H11F2N3OS. The summed E-state index contributed by atoms with van der Waals surface area (Å²) < 4.78 is 27.7. The number of aromatic nitrogens is 3. The number of thiazole rings is 1. The van der Waals surface area contributed by atoms with Gasteiger partial charge in [-0.05, 0) is 5.56 Å². The fourth-order valence-corrected chi connectivity index (χ4v) is 2.87. The van der Waals surface area contributed by atoms with Crippen LogP contribution in [0.5, 0.6) is 0 Å². The number of nitrogens with zero attached hydrogens (tertiary/aromatic N) is 3. The van der Waals surface area contributed by atoms with E-state index in [2.05, 4.69) is 4.98 Å². The van der Waals surface area contributed by atoms with Crippen LogP contribution in [0.25, 0.3) is 10.4 Å². The summed E-state index contributed by atoms with van der Waals surface area (Å²) in [6.45, 7) is -2.63. The number of imidazole rings is 1. The lowest BCUT2D eigenvalue weighted by molar-refractivity contribution is 0.0667. The van der Waals surface area contributed by atoms with Gasteiger partial charge in [0.1, 0.15) is 5.82 Å². The summed E-state index contributed by atoms with van der Waals surface area (Å²) in [6, 6.07) is 9.45. The number of halogens is 2. The Morgan fingerprint density at radius 2 is 2.00 bits per heavy atom. The molecule has 3 rings (SSSR count). The summed E-state index contributed by atoms with van der Waals surface area (Å²) in [4.78, 5) is 16.5. The fourth-order valence-electron chi connectivity index (χ4n) is 2.02. The molecule has 2 heterocycles. The van der Waals surface area contributed by atoms with Gasteiger partial charge in [0.25, 0.3) is 0 Å². The first kappa shape index (κ1) is 13.7. The predicted octanol–water partition coefficient (Wildman–Crippen LogP) is 3.22. The van der Waals surface area contributed by atoms with Gasteiger partial charge in [0.2, 0.25) is 0 Å². The smallest absolute Gasteiger partial charge is 0.298 e. The van der Waals surface area contributed by atoms with E-state index in [0.717, 1.165) is 26.3 Å². The van der Waals surface area contributed by atoms with Crippen molar-refractivity contribution in [2.75, 3.05) is 0 Å². The van der Waals surface area contributed by atoms with Crippen LogP contribution in [0, 0.1) is 0 Å². The number of alkyl halides is 2. The maximum Gasteiger partial charge on any atom is 0.319 e. The molecule has 108 valence electrons. The first-order valence-electron chi connectivity index (χ1n) is 6.20. The van der Waals surface area contributed by atoms with Crippen molar-refractivity contribution in [3.8, 4) is 10.4 Å². The van der Waals surface area contributed by atoms with Crippen molar-refractivity contribution in [2.45, 2.75) is 13.1 Å². The zero-order chi connectivity index (χ0) is 14.8. The SMILES string of the molecule is O=c1sc(-c2ccccc2)cn1Cc1nccn1C(F)F. The van der Waals surface area contributed by atoms with E-state index in [9.17, 15) is 13.6 Å². The summed E-state index contributed by atoms with van der Waals surface area (Å²) in [5.41, 5.74) is 0.926. The molecule has 0 aliphatic rings. The first-order chi connectivity index (χ1) is 10.1. The van der Waals surface area contributed by atoms with E-state index in [1.54, 1.807) is 6.20 Å². The largest absolute Gasteiger partial charge is 0.319 e. The van der Waals surface area contributed by atoms with Crippen LogP contribution in [0.15, 0.2) is 53.7 Å².